The molecule has 2 rings (SSSR count). The van der Waals surface area contributed by atoms with Crippen LogP contribution in [-0.4, -0.2) is 16.6 Å². The Labute approximate surface area is 73.8 Å². The number of nitrogens with one attached hydrogen (secondary N) is 1. The van der Waals surface area contributed by atoms with Crippen LogP contribution < -0.4 is 4.74 Å². The molecule has 0 aliphatic carbocycles. The van der Waals surface area contributed by atoms with E-state index in [1.807, 2.05) is 0 Å². The van der Waals surface area contributed by atoms with E-state index >= 15 is 0 Å². The zero-order chi connectivity index (χ0) is 9.26. The standard InChI is InChI=1S/C9H7NO3/c11-5-13-8-3-1-2-6-7(12)4-10-9(6)8/h1-5,10,12H. The first kappa shape index (κ1) is 7.67. The van der Waals surface area contributed by atoms with Gasteiger partial charge in [-0.05, 0) is 12.1 Å². The van der Waals surface area contributed by atoms with Gasteiger partial charge in [-0.3, -0.25) is 4.79 Å². The minimum absolute atomic E-state index is 0.145. The number of carbonyl (C=O) groups is 1. The summed E-state index contributed by atoms with van der Waals surface area (Å²) in [4.78, 5) is 12.9. The molecule has 0 spiro atoms. The molecule has 0 radical (unpaired) electrons. The molecule has 0 aliphatic heterocycles. The average Bonchev–Trinajstić information content (AvgIpc) is 2.50. The van der Waals surface area contributed by atoms with Crippen LogP contribution in [0.4, 0.5) is 0 Å². The van der Waals surface area contributed by atoms with Crippen molar-refractivity contribution in [1.82, 2.24) is 4.98 Å². The molecule has 2 aromatic rings. The number of rotatable bonds is 2. The number of aromatic nitrogens is 1. The third-order valence-corrected chi connectivity index (χ3v) is 1.83. The molecule has 2 N–H and O–H groups in total. The molecule has 0 unspecified atom stereocenters. The average molecular weight is 177 g/mol. The zero-order valence-electron chi connectivity index (χ0n) is 6.65. The summed E-state index contributed by atoms with van der Waals surface area (Å²) in [5.74, 6) is 0.555. The lowest BCUT2D eigenvalue weighted by molar-refractivity contribution is -0.120. The lowest BCUT2D eigenvalue weighted by Crippen LogP contribution is -1.88. The number of carbonyl (C=O) groups excluding carboxylic acids is 1. The van der Waals surface area contributed by atoms with E-state index in [1.165, 1.54) is 6.20 Å². The number of ether oxygens (including phenoxy) is 1. The van der Waals surface area contributed by atoms with E-state index < -0.39 is 0 Å². The highest BCUT2D eigenvalue weighted by atomic mass is 16.5. The maximum Gasteiger partial charge on any atom is 0.298 e. The van der Waals surface area contributed by atoms with Crippen molar-refractivity contribution in [3.63, 3.8) is 0 Å². The molecule has 0 atom stereocenters. The Morgan fingerprint density at radius 2 is 2.31 bits per heavy atom. The van der Waals surface area contributed by atoms with Gasteiger partial charge in [0.2, 0.25) is 0 Å². The molecule has 66 valence electrons. The van der Waals surface area contributed by atoms with Gasteiger partial charge in [0, 0.05) is 11.6 Å². The Hall–Kier alpha value is -1.97. The maximum absolute atomic E-state index is 10.1. The topological polar surface area (TPSA) is 62.3 Å². The van der Waals surface area contributed by atoms with Crippen molar-refractivity contribution in [2.75, 3.05) is 0 Å². The van der Waals surface area contributed by atoms with Crippen LogP contribution >= 0.6 is 0 Å². The summed E-state index contributed by atoms with van der Waals surface area (Å²) < 4.78 is 4.71. The highest BCUT2D eigenvalue weighted by Crippen LogP contribution is 2.30. The summed E-state index contributed by atoms with van der Waals surface area (Å²) in [6, 6.07) is 5.08. The number of para-hydroxylation sites is 1. The normalized spacial score (nSPS) is 10.2. The second-order valence-electron chi connectivity index (χ2n) is 2.57. The van der Waals surface area contributed by atoms with Gasteiger partial charge >= 0.3 is 0 Å². The van der Waals surface area contributed by atoms with Crippen LogP contribution in [0.15, 0.2) is 24.4 Å². The van der Waals surface area contributed by atoms with Crippen LogP contribution in [0.1, 0.15) is 0 Å². The number of hydrogen-bond acceptors (Lipinski definition) is 3. The molecule has 0 saturated heterocycles. The van der Waals surface area contributed by atoms with Gasteiger partial charge < -0.3 is 14.8 Å². The second-order valence-corrected chi connectivity index (χ2v) is 2.57. The zero-order valence-corrected chi connectivity index (χ0v) is 6.65. The van der Waals surface area contributed by atoms with E-state index in [0.717, 1.165) is 0 Å². The molecular formula is C9H7NO3. The fourth-order valence-corrected chi connectivity index (χ4v) is 1.26. The van der Waals surface area contributed by atoms with E-state index in [4.69, 9.17) is 4.74 Å². The van der Waals surface area contributed by atoms with Crippen molar-refractivity contribution in [2.45, 2.75) is 0 Å². The van der Waals surface area contributed by atoms with Gasteiger partial charge in [0.25, 0.3) is 6.47 Å². The van der Waals surface area contributed by atoms with Crippen LogP contribution in [0, 0.1) is 0 Å². The molecule has 0 aliphatic rings. The number of benzene rings is 1. The Bertz CT molecular complexity index is 447. The number of H-pyrrole nitrogens is 1. The monoisotopic (exact) mass is 177 g/mol. The number of hydrogen-bond donors (Lipinski definition) is 2. The van der Waals surface area contributed by atoms with Gasteiger partial charge in [0.1, 0.15) is 5.75 Å². The fourth-order valence-electron chi connectivity index (χ4n) is 1.26. The summed E-state index contributed by atoms with van der Waals surface area (Å²) in [6.45, 7) is 0.354. The first-order valence-corrected chi connectivity index (χ1v) is 3.72. The molecule has 0 amide bonds. The first-order valence-electron chi connectivity index (χ1n) is 3.72. The molecule has 0 fully saturated rings. The minimum atomic E-state index is 0.145. The van der Waals surface area contributed by atoms with Crippen molar-refractivity contribution >= 4 is 17.4 Å². The van der Waals surface area contributed by atoms with Crippen LogP contribution in [0.2, 0.25) is 0 Å². The van der Waals surface area contributed by atoms with Gasteiger partial charge in [0.05, 0.1) is 5.52 Å². The van der Waals surface area contributed by atoms with E-state index in [1.54, 1.807) is 18.2 Å². The van der Waals surface area contributed by atoms with Crippen molar-refractivity contribution in [1.29, 1.82) is 0 Å². The highest BCUT2D eigenvalue weighted by molar-refractivity contribution is 5.91. The van der Waals surface area contributed by atoms with E-state index in [-0.39, 0.29) is 5.75 Å². The predicted molar refractivity (Wildman–Crippen MR) is 46.7 cm³/mol. The number of fused-ring (bicyclic) bond motifs is 1. The third kappa shape index (κ3) is 1.12. The Kier molecular flexibility index (Phi) is 1.66. The van der Waals surface area contributed by atoms with Gasteiger partial charge in [-0.15, -0.1) is 0 Å². The molecular weight excluding hydrogens is 170 g/mol. The van der Waals surface area contributed by atoms with Crippen molar-refractivity contribution in [3.05, 3.63) is 24.4 Å². The minimum Gasteiger partial charge on any atom is -0.506 e. The molecule has 13 heavy (non-hydrogen) atoms. The second kappa shape index (κ2) is 2.82. The highest BCUT2D eigenvalue weighted by Gasteiger charge is 2.06. The summed E-state index contributed by atoms with van der Waals surface area (Å²) in [7, 11) is 0. The molecule has 0 bridgehead atoms. The predicted octanol–water partition coefficient (Wildman–Crippen LogP) is 1.41. The third-order valence-electron chi connectivity index (χ3n) is 1.83. The molecule has 0 saturated carbocycles. The molecule has 1 aromatic carbocycles. The summed E-state index contributed by atoms with van der Waals surface area (Å²) >= 11 is 0. The lowest BCUT2D eigenvalue weighted by Gasteiger charge is -1.98. The molecule has 4 nitrogen and oxygen atoms in total. The fraction of sp³-hybridized carbons (Fsp3) is 0. The Morgan fingerprint density at radius 3 is 3.08 bits per heavy atom. The van der Waals surface area contributed by atoms with Gasteiger partial charge in [-0.1, -0.05) is 6.07 Å². The first-order chi connectivity index (χ1) is 6.33. The van der Waals surface area contributed by atoms with E-state index in [0.29, 0.717) is 23.1 Å². The van der Waals surface area contributed by atoms with Crippen LogP contribution in [-0.2, 0) is 4.79 Å². The van der Waals surface area contributed by atoms with Crippen LogP contribution in [0.3, 0.4) is 0 Å². The van der Waals surface area contributed by atoms with Gasteiger partial charge in [-0.2, -0.15) is 0 Å². The number of aromatic amines is 1. The summed E-state index contributed by atoms with van der Waals surface area (Å²) in [5, 5.41) is 9.97. The van der Waals surface area contributed by atoms with E-state index in [2.05, 4.69) is 4.98 Å². The Morgan fingerprint density at radius 1 is 1.46 bits per heavy atom. The molecule has 1 heterocycles. The lowest BCUT2D eigenvalue weighted by atomic mass is 10.2. The largest absolute Gasteiger partial charge is 0.506 e. The molecule has 1 aromatic heterocycles. The number of aromatic hydroxyl groups is 1. The smallest absolute Gasteiger partial charge is 0.298 e. The van der Waals surface area contributed by atoms with Crippen molar-refractivity contribution in [3.8, 4) is 11.5 Å². The summed E-state index contributed by atoms with van der Waals surface area (Å²) in [6.07, 6.45) is 1.45. The maximum atomic E-state index is 10.1. The Balaban J connectivity index is 2.69. The van der Waals surface area contributed by atoms with Gasteiger partial charge in [-0.25, -0.2) is 0 Å². The molecule has 4 heteroatoms. The quantitative estimate of drug-likeness (QED) is 0.681. The van der Waals surface area contributed by atoms with Crippen LogP contribution in [0.5, 0.6) is 11.5 Å². The van der Waals surface area contributed by atoms with E-state index in [9.17, 15) is 9.90 Å². The van der Waals surface area contributed by atoms with Crippen molar-refractivity contribution in [2.24, 2.45) is 0 Å². The summed E-state index contributed by atoms with van der Waals surface area (Å²) in [5.41, 5.74) is 0.618. The van der Waals surface area contributed by atoms with Crippen LogP contribution in [0.25, 0.3) is 10.9 Å². The SMILES string of the molecule is O=COc1cccc2c(O)c[nH]c12. The van der Waals surface area contributed by atoms with Gasteiger partial charge in [0.15, 0.2) is 5.75 Å². The van der Waals surface area contributed by atoms with Crippen molar-refractivity contribution < 1.29 is 14.6 Å².